The van der Waals surface area contributed by atoms with E-state index in [9.17, 15) is 14.4 Å². The Morgan fingerprint density at radius 3 is 1.66 bits per heavy atom. The van der Waals surface area contributed by atoms with Crippen LogP contribution in [0.1, 0.15) is 39.7 Å². The van der Waals surface area contributed by atoms with E-state index in [4.69, 9.17) is 0 Å². The number of benzene rings is 3. The quantitative estimate of drug-likeness (QED) is 0.615. The van der Waals surface area contributed by atoms with Crippen LogP contribution in [0, 0.1) is 11.8 Å². The Morgan fingerprint density at radius 1 is 0.656 bits per heavy atom. The van der Waals surface area contributed by atoms with Gasteiger partial charge in [-0.05, 0) is 28.3 Å². The zero-order valence-corrected chi connectivity index (χ0v) is 16.9. The molecule has 3 aromatic carbocycles. The van der Waals surface area contributed by atoms with Crippen molar-refractivity contribution in [3.05, 3.63) is 101 Å². The summed E-state index contributed by atoms with van der Waals surface area (Å²) in [5.74, 6) is -2.47. The second-order valence-electron chi connectivity index (χ2n) is 8.70. The van der Waals surface area contributed by atoms with Crippen LogP contribution >= 0.6 is 0 Å². The number of amides is 3. The zero-order chi connectivity index (χ0) is 21.6. The lowest BCUT2D eigenvalue weighted by Crippen LogP contribution is -2.41. The molecule has 2 bridgehead atoms. The molecule has 1 fully saturated rings. The average Bonchev–Trinajstić information content (AvgIpc) is 3.28. The van der Waals surface area contributed by atoms with E-state index in [-0.39, 0.29) is 29.4 Å². The van der Waals surface area contributed by atoms with Gasteiger partial charge in [-0.15, -0.1) is 0 Å². The van der Waals surface area contributed by atoms with Gasteiger partial charge in [0, 0.05) is 17.4 Å². The van der Waals surface area contributed by atoms with Crippen molar-refractivity contribution < 1.29 is 14.4 Å². The van der Waals surface area contributed by atoms with Gasteiger partial charge >= 0.3 is 0 Å². The van der Waals surface area contributed by atoms with Crippen LogP contribution in [0.4, 0.5) is 5.69 Å². The minimum Gasteiger partial charge on any atom is -0.320 e. The first-order valence-corrected chi connectivity index (χ1v) is 10.7. The van der Waals surface area contributed by atoms with Gasteiger partial charge in [0.15, 0.2) is 5.71 Å². The number of carbonyl (C=O) groups excluding carboxylic acids is 3. The Balaban J connectivity index is 1.39. The standard InChI is InChI=1S/C26H17N3O3/c30-24-23(17-11-5-6-12-18(17)27-24)28-29-25(31)21-19-13-7-1-2-8-14(13)20(22(21)26(29)32)16-10-4-3-9-15(16)19/h1-12,19-22H,(H,27,28,30)/t19?,20?,21-,22-/m1/s1. The van der Waals surface area contributed by atoms with Gasteiger partial charge in [0.25, 0.3) is 17.7 Å². The minimum absolute atomic E-state index is 0.100. The van der Waals surface area contributed by atoms with Crippen molar-refractivity contribution >= 4 is 29.1 Å². The Labute approximate surface area is 183 Å². The van der Waals surface area contributed by atoms with Gasteiger partial charge in [0.2, 0.25) is 0 Å². The number of para-hydroxylation sites is 1. The summed E-state index contributed by atoms with van der Waals surface area (Å²) in [6.45, 7) is 0. The van der Waals surface area contributed by atoms with Gasteiger partial charge in [0.05, 0.1) is 17.5 Å². The molecular weight excluding hydrogens is 402 g/mol. The summed E-state index contributed by atoms with van der Waals surface area (Å²) < 4.78 is 0. The number of anilines is 1. The predicted octanol–water partition coefficient (Wildman–Crippen LogP) is 3.24. The van der Waals surface area contributed by atoms with Crippen LogP contribution in [0.5, 0.6) is 0 Å². The molecule has 0 radical (unpaired) electrons. The molecule has 0 spiro atoms. The molecule has 2 aliphatic heterocycles. The average molecular weight is 419 g/mol. The van der Waals surface area contributed by atoms with Crippen molar-refractivity contribution in [3.8, 4) is 0 Å². The fourth-order valence-corrected chi connectivity index (χ4v) is 6.06. The minimum atomic E-state index is -0.513. The molecule has 5 aliphatic rings. The maximum absolute atomic E-state index is 13.6. The highest BCUT2D eigenvalue weighted by molar-refractivity contribution is 6.54. The molecule has 2 atom stereocenters. The number of rotatable bonds is 1. The van der Waals surface area contributed by atoms with Crippen molar-refractivity contribution in [3.63, 3.8) is 0 Å². The molecule has 1 N–H and O–H groups in total. The third-order valence-corrected chi connectivity index (χ3v) is 7.27. The lowest BCUT2D eigenvalue weighted by molar-refractivity contribution is -0.139. The molecule has 1 saturated heterocycles. The van der Waals surface area contributed by atoms with Crippen molar-refractivity contribution in [2.24, 2.45) is 16.9 Å². The van der Waals surface area contributed by atoms with Gasteiger partial charge in [-0.3, -0.25) is 14.4 Å². The fraction of sp³-hybridized carbons (Fsp3) is 0.154. The smallest absolute Gasteiger partial charge is 0.276 e. The maximum Gasteiger partial charge on any atom is 0.276 e. The molecule has 3 amide bonds. The topological polar surface area (TPSA) is 78.8 Å². The van der Waals surface area contributed by atoms with Gasteiger partial charge in [0.1, 0.15) is 0 Å². The van der Waals surface area contributed by atoms with Crippen LogP contribution in [0.3, 0.4) is 0 Å². The largest absolute Gasteiger partial charge is 0.320 e. The highest BCUT2D eigenvalue weighted by Gasteiger charge is 2.62. The maximum atomic E-state index is 13.6. The predicted molar refractivity (Wildman–Crippen MR) is 117 cm³/mol. The van der Waals surface area contributed by atoms with E-state index in [1.165, 1.54) is 0 Å². The number of nitrogens with zero attached hydrogens (tertiary/aromatic N) is 2. The highest BCUT2D eigenvalue weighted by Crippen LogP contribution is 2.61. The molecular formula is C26H17N3O3. The van der Waals surface area contributed by atoms with E-state index in [1.54, 1.807) is 18.2 Å². The number of imide groups is 1. The number of carbonyl (C=O) groups is 3. The van der Waals surface area contributed by atoms with Crippen LogP contribution < -0.4 is 5.32 Å². The number of hydrazone groups is 1. The van der Waals surface area contributed by atoms with Crippen molar-refractivity contribution in [2.45, 2.75) is 11.8 Å². The second kappa shape index (κ2) is 6.01. The van der Waals surface area contributed by atoms with E-state index < -0.39 is 17.7 Å². The van der Waals surface area contributed by atoms with Crippen molar-refractivity contribution in [1.82, 2.24) is 5.01 Å². The lowest BCUT2D eigenvalue weighted by atomic mass is 9.55. The Kier molecular flexibility index (Phi) is 3.30. The molecule has 2 heterocycles. The molecule has 6 nitrogen and oxygen atoms in total. The Hall–Kier alpha value is -4.06. The summed E-state index contributed by atoms with van der Waals surface area (Å²) in [5, 5.41) is 8.06. The number of nitrogens with one attached hydrogen (secondary N) is 1. The van der Waals surface area contributed by atoms with Crippen LogP contribution in [0.25, 0.3) is 0 Å². The number of hydrogen-bond donors (Lipinski definition) is 1. The summed E-state index contributed by atoms with van der Waals surface area (Å²) in [6.07, 6.45) is 0. The first-order chi connectivity index (χ1) is 15.6. The first-order valence-electron chi connectivity index (χ1n) is 10.7. The number of fused-ring (bicyclic) bond motifs is 1. The summed E-state index contributed by atoms with van der Waals surface area (Å²) >= 11 is 0. The van der Waals surface area contributed by atoms with Crippen molar-refractivity contribution in [2.75, 3.05) is 5.32 Å². The first kappa shape index (κ1) is 17.6. The van der Waals surface area contributed by atoms with Gasteiger partial charge in [-0.25, -0.2) is 0 Å². The molecule has 0 aromatic heterocycles. The molecule has 6 heteroatoms. The van der Waals surface area contributed by atoms with E-state index in [0.29, 0.717) is 11.3 Å². The van der Waals surface area contributed by atoms with Gasteiger partial charge in [-0.2, -0.15) is 10.1 Å². The summed E-state index contributed by atoms with van der Waals surface area (Å²) in [5.41, 5.74) is 5.77. The lowest BCUT2D eigenvalue weighted by Gasteiger charge is -2.45. The van der Waals surface area contributed by atoms with Gasteiger partial charge in [-0.1, -0.05) is 66.7 Å². The molecule has 3 aliphatic carbocycles. The van der Waals surface area contributed by atoms with Crippen LogP contribution in [0.15, 0.2) is 77.9 Å². The highest BCUT2D eigenvalue weighted by atomic mass is 16.2. The SMILES string of the molecule is O=C1Nc2ccccc2/C1=N/N1C(=O)[C@@H]2C3c4ccccc4C(c4ccccc43)[C@H]2C1=O. The monoisotopic (exact) mass is 419 g/mol. The zero-order valence-electron chi connectivity index (χ0n) is 16.9. The number of hydrogen-bond acceptors (Lipinski definition) is 4. The Morgan fingerprint density at radius 2 is 1.12 bits per heavy atom. The molecule has 0 unspecified atom stereocenters. The van der Waals surface area contributed by atoms with Crippen LogP contribution in [-0.4, -0.2) is 28.4 Å². The van der Waals surface area contributed by atoms with E-state index in [1.807, 2.05) is 30.3 Å². The second-order valence-corrected chi connectivity index (χ2v) is 8.70. The Bertz CT molecular complexity index is 1290. The van der Waals surface area contributed by atoms with E-state index >= 15 is 0 Å². The molecule has 154 valence electrons. The summed E-state index contributed by atoms with van der Waals surface area (Å²) in [7, 11) is 0. The molecule has 8 rings (SSSR count). The normalized spacial score (nSPS) is 27.8. The van der Waals surface area contributed by atoms with Crippen molar-refractivity contribution in [1.29, 1.82) is 0 Å². The van der Waals surface area contributed by atoms with E-state index in [0.717, 1.165) is 27.3 Å². The summed E-state index contributed by atoms with van der Waals surface area (Å²) in [6, 6.07) is 23.3. The third-order valence-electron chi connectivity index (χ3n) is 7.27. The van der Waals surface area contributed by atoms with Crippen LogP contribution in [-0.2, 0) is 14.4 Å². The third kappa shape index (κ3) is 2.04. The van der Waals surface area contributed by atoms with Gasteiger partial charge < -0.3 is 5.32 Å². The van der Waals surface area contributed by atoms with Crippen LogP contribution in [0.2, 0.25) is 0 Å². The fourth-order valence-electron chi connectivity index (χ4n) is 6.06. The molecule has 0 saturated carbocycles. The molecule has 3 aromatic rings. The summed E-state index contributed by atoms with van der Waals surface area (Å²) in [4.78, 5) is 39.8. The molecule has 32 heavy (non-hydrogen) atoms. The van der Waals surface area contributed by atoms with E-state index in [2.05, 4.69) is 34.7 Å².